The Labute approximate surface area is 157 Å². The van der Waals surface area contributed by atoms with E-state index < -0.39 is 0 Å². The van der Waals surface area contributed by atoms with Crippen molar-refractivity contribution in [3.05, 3.63) is 33.4 Å². The molecule has 0 unspecified atom stereocenters. The maximum atomic E-state index is 5.04. The van der Waals surface area contributed by atoms with Crippen LogP contribution in [0.3, 0.4) is 0 Å². The van der Waals surface area contributed by atoms with Crippen LogP contribution in [-0.4, -0.2) is 11.2 Å². The van der Waals surface area contributed by atoms with Gasteiger partial charge in [-0.05, 0) is 54.3 Å². The molecule has 0 bridgehead atoms. The van der Waals surface area contributed by atoms with Crippen molar-refractivity contribution in [2.45, 2.75) is 64.3 Å². The summed E-state index contributed by atoms with van der Waals surface area (Å²) in [6.45, 7) is 2.26. The molecule has 1 aliphatic carbocycles. The van der Waals surface area contributed by atoms with E-state index in [0.29, 0.717) is 6.04 Å². The molecule has 124 valence electrons. The lowest BCUT2D eigenvalue weighted by Crippen LogP contribution is -2.19. The topological polar surface area (TPSA) is 24.4 Å². The molecule has 0 radical (unpaired) electrons. The Kier molecular flexibility index (Phi) is 6.45. The van der Waals surface area contributed by atoms with Gasteiger partial charge in [-0.3, -0.25) is 4.99 Å². The van der Waals surface area contributed by atoms with Crippen molar-refractivity contribution in [2.24, 2.45) is 4.99 Å². The van der Waals surface area contributed by atoms with E-state index in [1.807, 2.05) is 11.8 Å². The number of para-hydroxylation sites is 1. The predicted octanol–water partition coefficient (Wildman–Crippen LogP) is 6.83. The Morgan fingerprint density at radius 3 is 2.83 bits per heavy atom. The van der Waals surface area contributed by atoms with E-state index in [4.69, 9.17) is 4.99 Å². The Balaban J connectivity index is 1.88. The Morgan fingerprint density at radius 2 is 2.04 bits per heavy atom. The second-order valence-electron chi connectivity index (χ2n) is 6.34. The van der Waals surface area contributed by atoms with Crippen molar-refractivity contribution < 1.29 is 0 Å². The zero-order valence-corrected chi connectivity index (χ0v) is 16.8. The number of nitrogens with one attached hydrogen (secondary N) is 1. The summed E-state index contributed by atoms with van der Waals surface area (Å²) in [6.07, 6.45) is 10.2. The van der Waals surface area contributed by atoms with Gasteiger partial charge in [0.25, 0.3) is 0 Å². The average molecular weight is 440 g/mol. The molecule has 3 rings (SSSR count). The Bertz CT molecular complexity index is 603. The van der Waals surface area contributed by atoms with Crippen LogP contribution in [0.2, 0.25) is 0 Å². The van der Waals surface area contributed by atoms with Crippen LogP contribution in [0, 0.1) is 0 Å². The third-order valence-electron chi connectivity index (χ3n) is 4.48. The molecule has 1 aromatic rings. The highest BCUT2D eigenvalue weighted by molar-refractivity contribution is 14.1. The van der Waals surface area contributed by atoms with Gasteiger partial charge in [0.2, 0.25) is 0 Å². The van der Waals surface area contributed by atoms with Gasteiger partial charge in [-0.2, -0.15) is 0 Å². The molecule has 0 aromatic heterocycles. The van der Waals surface area contributed by atoms with Crippen LogP contribution in [0.5, 0.6) is 0 Å². The number of rotatable bonds is 4. The molecule has 1 saturated carbocycles. The van der Waals surface area contributed by atoms with Gasteiger partial charge in [-0.1, -0.05) is 62.6 Å². The molecule has 0 saturated heterocycles. The summed E-state index contributed by atoms with van der Waals surface area (Å²) in [6, 6.07) is 9.16. The number of unbranched alkanes of at least 4 members (excludes halogenated alkanes) is 1. The van der Waals surface area contributed by atoms with Crippen LogP contribution >= 0.6 is 34.4 Å². The van der Waals surface area contributed by atoms with Gasteiger partial charge < -0.3 is 5.32 Å². The van der Waals surface area contributed by atoms with E-state index in [1.165, 1.54) is 71.1 Å². The van der Waals surface area contributed by atoms with Crippen molar-refractivity contribution in [1.82, 2.24) is 0 Å². The van der Waals surface area contributed by atoms with Crippen molar-refractivity contribution in [3.63, 3.8) is 0 Å². The number of fused-ring (bicyclic) bond motifs is 1. The molecule has 2 aliphatic rings. The second-order valence-corrected chi connectivity index (χ2v) is 8.64. The number of allylic oxidation sites excluding steroid dienone is 1. The van der Waals surface area contributed by atoms with E-state index in [1.54, 1.807) is 0 Å². The summed E-state index contributed by atoms with van der Waals surface area (Å²) in [4.78, 5) is 6.44. The maximum Gasteiger partial charge on any atom is 0.166 e. The SMILES string of the molecule is CCCC/C(I)=C1\SC(=NC2CCCCC2)Nc2ccccc21. The molecule has 2 nitrogen and oxygen atoms in total. The van der Waals surface area contributed by atoms with Gasteiger partial charge in [-0.25, -0.2) is 0 Å². The first-order valence-corrected chi connectivity index (χ1v) is 10.7. The molecular formula is C19H25IN2S. The van der Waals surface area contributed by atoms with Gasteiger partial charge in [0, 0.05) is 19.7 Å². The highest BCUT2D eigenvalue weighted by Crippen LogP contribution is 2.44. The van der Waals surface area contributed by atoms with Crippen LogP contribution in [0.4, 0.5) is 5.69 Å². The second kappa shape index (κ2) is 8.56. The first-order chi connectivity index (χ1) is 11.3. The van der Waals surface area contributed by atoms with Crippen molar-refractivity contribution in [1.29, 1.82) is 0 Å². The monoisotopic (exact) mass is 440 g/mol. The van der Waals surface area contributed by atoms with Crippen LogP contribution in [0.1, 0.15) is 63.9 Å². The van der Waals surface area contributed by atoms with Crippen LogP contribution in [-0.2, 0) is 0 Å². The van der Waals surface area contributed by atoms with E-state index in [0.717, 1.165) is 5.17 Å². The summed E-state index contributed by atoms with van der Waals surface area (Å²) in [5.41, 5.74) is 2.54. The van der Waals surface area contributed by atoms with Crippen molar-refractivity contribution in [3.8, 4) is 0 Å². The van der Waals surface area contributed by atoms with Gasteiger partial charge in [-0.15, -0.1) is 0 Å². The van der Waals surface area contributed by atoms with Crippen molar-refractivity contribution in [2.75, 3.05) is 5.32 Å². The Hall–Kier alpha value is -0.490. The number of hydrogen-bond donors (Lipinski definition) is 1. The van der Waals surface area contributed by atoms with Crippen LogP contribution in [0.15, 0.2) is 32.8 Å². The minimum atomic E-state index is 0.513. The number of thioether (sulfide) groups is 1. The smallest absolute Gasteiger partial charge is 0.166 e. The van der Waals surface area contributed by atoms with E-state index in [9.17, 15) is 0 Å². The normalized spacial score (nSPS) is 22.6. The van der Waals surface area contributed by atoms with Crippen LogP contribution in [0.25, 0.3) is 4.91 Å². The molecular weight excluding hydrogens is 415 g/mol. The molecule has 1 aliphatic heterocycles. The fourth-order valence-corrected chi connectivity index (χ4v) is 5.22. The fraction of sp³-hybridized carbons (Fsp3) is 0.526. The number of amidine groups is 1. The number of aliphatic imine (C=N–C) groups is 1. The van der Waals surface area contributed by atoms with Gasteiger partial charge in [0.05, 0.1) is 6.04 Å². The summed E-state index contributed by atoms with van der Waals surface area (Å²) >= 11 is 4.38. The minimum Gasteiger partial charge on any atom is -0.334 e. The largest absolute Gasteiger partial charge is 0.334 e. The first kappa shape index (κ1) is 17.3. The van der Waals surface area contributed by atoms with E-state index in [2.05, 4.69) is 59.1 Å². The van der Waals surface area contributed by atoms with Gasteiger partial charge in [0.1, 0.15) is 0 Å². The zero-order valence-electron chi connectivity index (χ0n) is 13.8. The standard InChI is InChI=1S/C19H25IN2S/c1-2-3-12-16(20)18-15-11-7-8-13-17(15)22-19(23-18)21-14-9-5-4-6-10-14/h7-8,11,13-14H,2-6,9-10,12H2,1H3,(H,21,22)/b18-16+. The lowest BCUT2D eigenvalue weighted by molar-refractivity contribution is 0.444. The lowest BCUT2D eigenvalue weighted by atomic mass is 9.96. The number of hydrogen-bond acceptors (Lipinski definition) is 2. The quantitative estimate of drug-likeness (QED) is 0.519. The molecule has 1 heterocycles. The summed E-state index contributed by atoms with van der Waals surface area (Å²) < 4.78 is 1.47. The number of nitrogens with zero attached hydrogens (tertiary/aromatic N) is 1. The van der Waals surface area contributed by atoms with E-state index >= 15 is 0 Å². The molecule has 1 fully saturated rings. The van der Waals surface area contributed by atoms with Gasteiger partial charge in [0.15, 0.2) is 5.17 Å². The number of halogens is 1. The number of anilines is 1. The Morgan fingerprint density at radius 1 is 1.26 bits per heavy atom. The fourth-order valence-electron chi connectivity index (χ4n) is 3.16. The molecule has 4 heteroatoms. The lowest BCUT2D eigenvalue weighted by Gasteiger charge is -2.25. The van der Waals surface area contributed by atoms with Gasteiger partial charge >= 0.3 is 0 Å². The summed E-state index contributed by atoms with van der Waals surface area (Å²) in [5.74, 6) is 0. The molecule has 0 amide bonds. The molecule has 0 spiro atoms. The van der Waals surface area contributed by atoms with E-state index in [-0.39, 0.29) is 0 Å². The first-order valence-electron chi connectivity index (χ1n) is 8.78. The number of benzene rings is 1. The minimum absolute atomic E-state index is 0.513. The highest BCUT2D eigenvalue weighted by atomic mass is 127. The predicted molar refractivity (Wildman–Crippen MR) is 112 cm³/mol. The summed E-state index contributed by atoms with van der Waals surface area (Å²) in [7, 11) is 0. The third kappa shape index (κ3) is 4.53. The average Bonchev–Trinajstić information content (AvgIpc) is 2.60. The summed E-state index contributed by atoms with van der Waals surface area (Å²) in [5, 5.41) is 4.65. The maximum absolute atomic E-state index is 5.04. The molecule has 1 N–H and O–H groups in total. The molecule has 23 heavy (non-hydrogen) atoms. The highest BCUT2D eigenvalue weighted by Gasteiger charge is 2.22. The van der Waals surface area contributed by atoms with Crippen molar-refractivity contribution >= 4 is 50.1 Å². The molecule has 1 aromatic carbocycles. The van der Waals surface area contributed by atoms with Crippen LogP contribution < -0.4 is 5.32 Å². The third-order valence-corrected chi connectivity index (χ3v) is 7.00. The zero-order chi connectivity index (χ0) is 16.1. The molecule has 0 atom stereocenters.